The summed E-state index contributed by atoms with van der Waals surface area (Å²) in [7, 11) is 3.18. The Morgan fingerprint density at radius 2 is 2.18 bits per heavy atom. The van der Waals surface area contributed by atoms with Crippen molar-refractivity contribution in [2.45, 2.75) is 6.92 Å². The smallest absolute Gasteiger partial charge is 0.256 e. The summed E-state index contributed by atoms with van der Waals surface area (Å²) in [6, 6.07) is 4.35. The number of nitrogens with zero attached hydrogens (tertiary/aromatic N) is 1. The largest absolute Gasteiger partial charge is 0.374 e. The van der Waals surface area contributed by atoms with Crippen molar-refractivity contribution >= 4 is 11.6 Å². The first kappa shape index (κ1) is 13.0. The lowest BCUT2D eigenvalue weighted by atomic mass is 10.1. The van der Waals surface area contributed by atoms with E-state index in [2.05, 4.69) is 17.2 Å². The third-order valence-corrected chi connectivity index (χ3v) is 2.16. The first-order chi connectivity index (χ1) is 8.06. The number of hydrogen-bond donors (Lipinski definition) is 1. The van der Waals surface area contributed by atoms with Gasteiger partial charge in [-0.1, -0.05) is 5.92 Å². The van der Waals surface area contributed by atoms with Gasteiger partial charge in [-0.25, -0.2) is 4.39 Å². The van der Waals surface area contributed by atoms with Gasteiger partial charge in [0.05, 0.1) is 12.1 Å². The first-order valence-corrected chi connectivity index (χ1v) is 5.21. The van der Waals surface area contributed by atoms with Crippen LogP contribution in [0, 0.1) is 17.7 Å². The van der Waals surface area contributed by atoms with Crippen LogP contribution in [0.4, 0.5) is 10.1 Å². The first-order valence-electron chi connectivity index (χ1n) is 5.21. The standard InChI is InChI=1S/C13H15FN2O/c1-4-5-8-15-10-6-7-12(14)11(9-10)13(17)16(2)3/h6-7,9,15H,8H2,1-3H3. The highest BCUT2D eigenvalue weighted by molar-refractivity contribution is 5.95. The van der Waals surface area contributed by atoms with Crippen LogP contribution in [-0.4, -0.2) is 31.4 Å². The molecule has 0 atom stereocenters. The fourth-order valence-electron chi connectivity index (χ4n) is 1.27. The van der Waals surface area contributed by atoms with Crippen LogP contribution in [0.2, 0.25) is 0 Å². The molecule has 0 bridgehead atoms. The van der Waals surface area contributed by atoms with E-state index >= 15 is 0 Å². The number of carbonyl (C=O) groups is 1. The molecular formula is C13H15FN2O. The van der Waals surface area contributed by atoms with E-state index < -0.39 is 5.82 Å². The van der Waals surface area contributed by atoms with Gasteiger partial charge in [-0.15, -0.1) is 5.92 Å². The number of carbonyl (C=O) groups excluding carboxylic acids is 1. The Morgan fingerprint density at radius 1 is 1.47 bits per heavy atom. The fourth-order valence-corrected chi connectivity index (χ4v) is 1.27. The number of benzene rings is 1. The van der Waals surface area contributed by atoms with Crippen LogP contribution in [0.1, 0.15) is 17.3 Å². The predicted molar refractivity (Wildman–Crippen MR) is 66.4 cm³/mol. The lowest BCUT2D eigenvalue weighted by Gasteiger charge is -2.12. The minimum atomic E-state index is -0.518. The summed E-state index contributed by atoms with van der Waals surface area (Å²) in [5.74, 6) is 4.70. The quantitative estimate of drug-likeness (QED) is 0.811. The molecule has 0 saturated heterocycles. The van der Waals surface area contributed by atoms with Crippen molar-refractivity contribution in [1.82, 2.24) is 4.90 Å². The molecule has 1 aromatic carbocycles. The van der Waals surface area contributed by atoms with Crippen molar-refractivity contribution in [1.29, 1.82) is 0 Å². The van der Waals surface area contributed by atoms with Gasteiger partial charge in [0.1, 0.15) is 5.82 Å². The molecule has 0 aliphatic rings. The Kier molecular flexibility index (Phi) is 4.53. The van der Waals surface area contributed by atoms with Crippen LogP contribution < -0.4 is 5.32 Å². The number of hydrogen-bond acceptors (Lipinski definition) is 2. The average Bonchev–Trinajstić information content (AvgIpc) is 2.30. The Morgan fingerprint density at radius 3 is 2.76 bits per heavy atom. The van der Waals surface area contributed by atoms with Crippen LogP contribution in [0.15, 0.2) is 18.2 Å². The summed E-state index contributed by atoms with van der Waals surface area (Å²) in [5, 5.41) is 3.00. The molecule has 3 nitrogen and oxygen atoms in total. The number of rotatable bonds is 3. The maximum absolute atomic E-state index is 13.5. The zero-order chi connectivity index (χ0) is 12.8. The second-order valence-electron chi connectivity index (χ2n) is 3.67. The van der Waals surface area contributed by atoms with Crippen LogP contribution in [0.3, 0.4) is 0 Å². The molecule has 0 aliphatic carbocycles. The van der Waals surface area contributed by atoms with E-state index in [1.807, 2.05) is 0 Å². The lowest BCUT2D eigenvalue weighted by Crippen LogP contribution is -2.23. The second kappa shape index (κ2) is 5.90. The van der Waals surface area contributed by atoms with Crippen LogP contribution in [0.25, 0.3) is 0 Å². The van der Waals surface area contributed by atoms with E-state index in [0.717, 1.165) is 0 Å². The van der Waals surface area contributed by atoms with E-state index in [0.29, 0.717) is 12.2 Å². The normalized spacial score (nSPS) is 9.18. The van der Waals surface area contributed by atoms with Gasteiger partial charge in [0.15, 0.2) is 0 Å². The highest BCUT2D eigenvalue weighted by Crippen LogP contribution is 2.15. The molecule has 0 saturated carbocycles. The number of nitrogens with one attached hydrogen (secondary N) is 1. The van der Waals surface area contributed by atoms with Crippen LogP contribution in [0.5, 0.6) is 0 Å². The second-order valence-corrected chi connectivity index (χ2v) is 3.67. The zero-order valence-corrected chi connectivity index (χ0v) is 10.2. The summed E-state index contributed by atoms with van der Waals surface area (Å²) in [6.07, 6.45) is 0. The molecule has 0 aliphatic heterocycles. The van der Waals surface area contributed by atoms with E-state index in [1.54, 1.807) is 27.1 Å². The average molecular weight is 234 g/mol. The minimum absolute atomic E-state index is 0.0597. The third-order valence-electron chi connectivity index (χ3n) is 2.16. The monoisotopic (exact) mass is 234 g/mol. The van der Waals surface area contributed by atoms with Crippen molar-refractivity contribution in [2.24, 2.45) is 0 Å². The number of amides is 1. The van der Waals surface area contributed by atoms with Gasteiger partial charge in [-0.2, -0.15) is 0 Å². The molecule has 0 fully saturated rings. The molecular weight excluding hydrogens is 219 g/mol. The summed E-state index contributed by atoms with van der Waals surface area (Å²) in [5.41, 5.74) is 0.740. The summed E-state index contributed by atoms with van der Waals surface area (Å²) in [4.78, 5) is 13.0. The van der Waals surface area contributed by atoms with E-state index in [9.17, 15) is 9.18 Å². The Bertz CT molecular complexity index is 472. The highest BCUT2D eigenvalue weighted by Gasteiger charge is 2.13. The van der Waals surface area contributed by atoms with Gasteiger partial charge in [-0.3, -0.25) is 4.79 Å². The highest BCUT2D eigenvalue weighted by atomic mass is 19.1. The Labute approximate surface area is 101 Å². The maximum Gasteiger partial charge on any atom is 0.256 e. The van der Waals surface area contributed by atoms with Gasteiger partial charge in [0.2, 0.25) is 0 Å². The molecule has 0 unspecified atom stereocenters. The van der Waals surface area contributed by atoms with Gasteiger partial charge in [0, 0.05) is 19.8 Å². The molecule has 1 amide bonds. The molecule has 0 spiro atoms. The van der Waals surface area contributed by atoms with Crippen LogP contribution in [-0.2, 0) is 0 Å². The predicted octanol–water partition coefficient (Wildman–Crippen LogP) is 1.96. The topological polar surface area (TPSA) is 32.3 Å². The molecule has 90 valence electrons. The minimum Gasteiger partial charge on any atom is -0.374 e. The number of halogens is 1. The van der Waals surface area contributed by atoms with Crippen molar-refractivity contribution in [2.75, 3.05) is 26.0 Å². The Hall–Kier alpha value is -2.02. The molecule has 0 radical (unpaired) electrons. The van der Waals surface area contributed by atoms with Crippen LogP contribution >= 0.6 is 0 Å². The van der Waals surface area contributed by atoms with E-state index in [4.69, 9.17) is 0 Å². The van der Waals surface area contributed by atoms with Gasteiger partial charge < -0.3 is 10.2 Å². The van der Waals surface area contributed by atoms with E-state index in [1.165, 1.54) is 17.0 Å². The zero-order valence-electron chi connectivity index (χ0n) is 10.2. The molecule has 0 aromatic heterocycles. The number of anilines is 1. The summed E-state index contributed by atoms with van der Waals surface area (Å²) < 4.78 is 13.5. The molecule has 1 aromatic rings. The Balaban J connectivity index is 2.93. The van der Waals surface area contributed by atoms with Crippen molar-refractivity contribution in [3.8, 4) is 11.8 Å². The van der Waals surface area contributed by atoms with Crippen molar-refractivity contribution < 1.29 is 9.18 Å². The van der Waals surface area contributed by atoms with Crippen molar-refractivity contribution in [3.05, 3.63) is 29.6 Å². The molecule has 1 rings (SSSR count). The van der Waals surface area contributed by atoms with Gasteiger partial charge >= 0.3 is 0 Å². The molecule has 17 heavy (non-hydrogen) atoms. The third kappa shape index (κ3) is 3.49. The molecule has 1 N–H and O–H groups in total. The molecule has 0 heterocycles. The molecule has 4 heteroatoms. The fraction of sp³-hybridized carbons (Fsp3) is 0.308. The summed E-state index contributed by atoms with van der Waals surface area (Å²) >= 11 is 0. The van der Waals surface area contributed by atoms with Gasteiger partial charge in [-0.05, 0) is 25.1 Å². The van der Waals surface area contributed by atoms with Gasteiger partial charge in [0.25, 0.3) is 5.91 Å². The lowest BCUT2D eigenvalue weighted by molar-refractivity contribution is 0.0823. The SMILES string of the molecule is CC#CCNc1ccc(F)c(C(=O)N(C)C)c1. The maximum atomic E-state index is 13.5. The summed E-state index contributed by atoms with van der Waals surface area (Å²) in [6.45, 7) is 2.21. The van der Waals surface area contributed by atoms with E-state index in [-0.39, 0.29) is 11.5 Å². The van der Waals surface area contributed by atoms with Crippen molar-refractivity contribution in [3.63, 3.8) is 0 Å².